The summed E-state index contributed by atoms with van der Waals surface area (Å²) in [6.07, 6.45) is 1.85. The monoisotopic (exact) mass is 308 g/mol. The normalized spacial score (nSPS) is 17.5. The molecular weight excluding hydrogens is 288 g/mol. The zero-order chi connectivity index (χ0) is 15.8. The summed E-state index contributed by atoms with van der Waals surface area (Å²) < 4.78 is 26.8. The third kappa shape index (κ3) is 2.87. The number of carbonyl (C=O) groups is 1. The number of nitrogens with one attached hydrogen (secondary N) is 1. The van der Waals surface area contributed by atoms with Crippen molar-refractivity contribution >= 4 is 21.6 Å². The van der Waals surface area contributed by atoms with Crippen LogP contribution in [0.5, 0.6) is 0 Å². The van der Waals surface area contributed by atoms with E-state index in [1.165, 1.54) is 12.1 Å². The highest BCUT2D eigenvalue weighted by Gasteiger charge is 2.35. The Morgan fingerprint density at radius 3 is 2.71 bits per heavy atom. The third-order valence-electron chi connectivity index (χ3n) is 3.75. The smallest absolute Gasteiger partial charge is 0.240 e. The number of sulfonamides is 1. The average molecular weight is 308 g/mol. The van der Waals surface area contributed by atoms with Gasteiger partial charge in [-0.3, -0.25) is 4.79 Å². The van der Waals surface area contributed by atoms with Crippen molar-refractivity contribution in [3.8, 4) is 0 Å². The largest absolute Gasteiger partial charge is 0.315 e. The van der Waals surface area contributed by atoms with Gasteiger partial charge in [-0.25, -0.2) is 13.1 Å². The summed E-state index contributed by atoms with van der Waals surface area (Å²) in [7, 11) is -1.85. The second-order valence-corrected chi connectivity index (χ2v) is 7.60. The first-order valence-electron chi connectivity index (χ1n) is 6.71. The van der Waals surface area contributed by atoms with Gasteiger partial charge in [-0.05, 0) is 23.8 Å². The summed E-state index contributed by atoms with van der Waals surface area (Å²) in [6.45, 7) is 7.58. The highest BCUT2D eigenvalue weighted by atomic mass is 32.2. The highest BCUT2D eigenvalue weighted by Crippen LogP contribution is 2.40. The Hall–Kier alpha value is -1.66. The van der Waals surface area contributed by atoms with Gasteiger partial charge in [0.2, 0.25) is 15.9 Å². The molecule has 0 saturated carbocycles. The highest BCUT2D eigenvalue weighted by molar-refractivity contribution is 7.89. The number of nitrogens with zero attached hydrogens (tertiary/aromatic N) is 1. The molecule has 1 amide bonds. The maximum Gasteiger partial charge on any atom is 0.240 e. The molecule has 1 aromatic carbocycles. The minimum Gasteiger partial charge on any atom is -0.315 e. The van der Waals surface area contributed by atoms with Gasteiger partial charge in [0.05, 0.1) is 4.90 Å². The van der Waals surface area contributed by atoms with E-state index in [1.807, 2.05) is 13.8 Å². The summed E-state index contributed by atoms with van der Waals surface area (Å²) in [5, 5.41) is 0. The van der Waals surface area contributed by atoms with Crippen LogP contribution < -0.4 is 9.62 Å². The molecule has 2 rings (SSSR count). The van der Waals surface area contributed by atoms with Crippen LogP contribution in [0.3, 0.4) is 0 Å². The van der Waals surface area contributed by atoms with Crippen LogP contribution in [-0.4, -0.2) is 27.9 Å². The van der Waals surface area contributed by atoms with E-state index in [2.05, 4.69) is 11.3 Å². The molecule has 0 fully saturated rings. The number of amides is 1. The molecule has 1 heterocycles. The van der Waals surface area contributed by atoms with Crippen LogP contribution in [0.15, 0.2) is 35.7 Å². The average Bonchev–Trinajstić information content (AvgIpc) is 2.42. The Morgan fingerprint density at radius 1 is 1.43 bits per heavy atom. The van der Waals surface area contributed by atoms with E-state index in [4.69, 9.17) is 0 Å². The fourth-order valence-corrected chi connectivity index (χ4v) is 3.52. The maximum atomic E-state index is 12.2. The standard InChI is InChI=1S/C15H20N2O3S/c1-5-8-16-21(19,20)11-6-7-13-12(9-11)15(2,3)10-14(18)17(13)4/h5-7,9,16H,1,8,10H2,2-4H3. The molecule has 0 atom stereocenters. The van der Waals surface area contributed by atoms with Crippen LogP contribution in [0.1, 0.15) is 25.8 Å². The Morgan fingerprint density at radius 2 is 2.10 bits per heavy atom. The molecule has 1 aromatic rings. The Balaban J connectivity index is 2.53. The number of hydrogen-bond donors (Lipinski definition) is 1. The SMILES string of the molecule is C=CCNS(=O)(=O)c1ccc2c(c1)C(C)(C)CC(=O)N2C. The van der Waals surface area contributed by atoms with Crippen LogP contribution in [0.2, 0.25) is 0 Å². The number of anilines is 1. The van der Waals surface area contributed by atoms with Crippen molar-refractivity contribution in [2.24, 2.45) is 0 Å². The minimum atomic E-state index is -3.56. The maximum absolute atomic E-state index is 12.2. The molecule has 0 aliphatic carbocycles. The van der Waals surface area contributed by atoms with Crippen molar-refractivity contribution in [2.75, 3.05) is 18.5 Å². The van der Waals surface area contributed by atoms with E-state index >= 15 is 0 Å². The van der Waals surface area contributed by atoms with E-state index in [0.29, 0.717) is 6.42 Å². The molecule has 0 radical (unpaired) electrons. The molecule has 0 spiro atoms. The number of rotatable bonds is 4. The van der Waals surface area contributed by atoms with Gasteiger partial charge >= 0.3 is 0 Å². The number of fused-ring (bicyclic) bond motifs is 1. The molecule has 114 valence electrons. The Kier molecular flexibility index (Phi) is 3.95. The van der Waals surface area contributed by atoms with Crippen molar-refractivity contribution in [2.45, 2.75) is 30.6 Å². The van der Waals surface area contributed by atoms with Gasteiger partial charge in [-0.2, -0.15) is 0 Å². The molecule has 0 aromatic heterocycles. The lowest BCUT2D eigenvalue weighted by Crippen LogP contribution is -2.39. The lowest BCUT2D eigenvalue weighted by molar-refractivity contribution is -0.119. The molecule has 6 heteroatoms. The fraction of sp³-hybridized carbons (Fsp3) is 0.400. The Bertz CT molecular complexity index is 693. The van der Waals surface area contributed by atoms with Gasteiger partial charge in [-0.1, -0.05) is 19.9 Å². The molecule has 0 saturated heterocycles. The number of benzene rings is 1. The summed E-state index contributed by atoms with van der Waals surface area (Å²) in [5.74, 6) is 0.0351. The van der Waals surface area contributed by atoms with Crippen molar-refractivity contribution < 1.29 is 13.2 Å². The first-order chi connectivity index (χ1) is 9.69. The van der Waals surface area contributed by atoms with Crippen molar-refractivity contribution in [1.29, 1.82) is 0 Å². The lowest BCUT2D eigenvalue weighted by Gasteiger charge is -2.37. The molecule has 1 aliphatic rings. The van der Waals surface area contributed by atoms with Crippen LogP contribution in [0, 0.1) is 0 Å². The summed E-state index contributed by atoms with van der Waals surface area (Å²) in [6, 6.07) is 4.87. The van der Waals surface area contributed by atoms with Gasteiger partial charge in [0, 0.05) is 31.1 Å². The lowest BCUT2D eigenvalue weighted by atomic mass is 9.77. The van der Waals surface area contributed by atoms with Gasteiger partial charge in [0.15, 0.2) is 0 Å². The van der Waals surface area contributed by atoms with Gasteiger partial charge in [0.25, 0.3) is 0 Å². The molecule has 5 nitrogen and oxygen atoms in total. The van der Waals surface area contributed by atoms with Crippen molar-refractivity contribution in [3.05, 3.63) is 36.4 Å². The second kappa shape index (κ2) is 5.27. The molecule has 1 N–H and O–H groups in total. The first-order valence-corrected chi connectivity index (χ1v) is 8.19. The number of carbonyl (C=O) groups excluding carboxylic acids is 1. The van der Waals surface area contributed by atoms with Crippen LogP contribution >= 0.6 is 0 Å². The second-order valence-electron chi connectivity index (χ2n) is 5.83. The topological polar surface area (TPSA) is 66.5 Å². The van der Waals surface area contributed by atoms with Gasteiger partial charge in [-0.15, -0.1) is 6.58 Å². The summed E-state index contributed by atoms with van der Waals surface area (Å²) in [5.41, 5.74) is 1.24. The van der Waals surface area contributed by atoms with E-state index in [9.17, 15) is 13.2 Å². The quantitative estimate of drug-likeness (QED) is 0.863. The van der Waals surface area contributed by atoms with Crippen molar-refractivity contribution in [1.82, 2.24) is 4.72 Å². The van der Waals surface area contributed by atoms with Crippen LogP contribution in [0.4, 0.5) is 5.69 Å². The predicted molar refractivity (Wildman–Crippen MR) is 82.9 cm³/mol. The van der Waals surface area contributed by atoms with Crippen molar-refractivity contribution in [3.63, 3.8) is 0 Å². The van der Waals surface area contributed by atoms with Gasteiger partial charge in [0.1, 0.15) is 0 Å². The van der Waals surface area contributed by atoms with E-state index in [1.54, 1.807) is 24.1 Å². The molecular formula is C15H20N2O3S. The third-order valence-corrected chi connectivity index (χ3v) is 5.18. The van der Waals surface area contributed by atoms with Crippen LogP contribution in [-0.2, 0) is 20.2 Å². The summed E-state index contributed by atoms with van der Waals surface area (Å²) in [4.78, 5) is 13.8. The van der Waals surface area contributed by atoms with E-state index < -0.39 is 10.0 Å². The van der Waals surface area contributed by atoms with Gasteiger partial charge < -0.3 is 4.90 Å². The molecule has 1 aliphatic heterocycles. The van der Waals surface area contributed by atoms with Crippen LogP contribution in [0.25, 0.3) is 0 Å². The van der Waals surface area contributed by atoms with E-state index in [-0.39, 0.29) is 22.8 Å². The minimum absolute atomic E-state index is 0.0351. The zero-order valence-corrected chi connectivity index (χ0v) is 13.3. The molecule has 0 unspecified atom stereocenters. The summed E-state index contributed by atoms with van der Waals surface area (Å²) >= 11 is 0. The fourth-order valence-electron chi connectivity index (χ4n) is 2.50. The zero-order valence-electron chi connectivity index (χ0n) is 12.5. The number of hydrogen-bond acceptors (Lipinski definition) is 3. The molecule has 0 bridgehead atoms. The predicted octanol–water partition coefficient (Wildman–Crippen LogP) is 1.80. The van der Waals surface area contributed by atoms with E-state index in [0.717, 1.165) is 11.3 Å². The first kappa shape index (κ1) is 15.7. The Labute approximate surface area is 125 Å². The molecule has 21 heavy (non-hydrogen) atoms.